The SMILES string of the molecule is c1ccc(-c2c3ccccc3c(-c3ccc(-n4c5ccccc5c5ccc6cc(-c7ccccc7)n(-c7ccccc7)c6c54)cc3)c3ccccc23)cc1. The summed E-state index contributed by atoms with van der Waals surface area (Å²) in [6, 6.07) is 75.1. The monoisotopic (exact) mass is 686 g/mol. The molecular weight excluding hydrogens is 653 g/mol. The Morgan fingerprint density at radius 3 is 1.33 bits per heavy atom. The van der Waals surface area contributed by atoms with Crippen molar-refractivity contribution in [2.24, 2.45) is 0 Å². The van der Waals surface area contributed by atoms with E-state index in [0.717, 1.165) is 11.4 Å². The van der Waals surface area contributed by atoms with Gasteiger partial charge in [-0.1, -0.05) is 170 Å². The molecule has 252 valence electrons. The Bertz CT molecular complexity index is 3110. The molecule has 0 radical (unpaired) electrons. The number of hydrogen-bond acceptors (Lipinski definition) is 0. The minimum atomic E-state index is 1.13. The highest BCUT2D eigenvalue weighted by molar-refractivity contribution is 6.22. The van der Waals surface area contributed by atoms with E-state index in [0.29, 0.717) is 0 Å². The number of fused-ring (bicyclic) bond motifs is 7. The first kappa shape index (κ1) is 30.5. The van der Waals surface area contributed by atoms with Gasteiger partial charge >= 0.3 is 0 Å². The van der Waals surface area contributed by atoms with E-state index < -0.39 is 0 Å². The van der Waals surface area contributed by atoms with E-state index in [1.807, 2.05) is 0 Å². The second-order valence-corrected chi connectivity index (χ2v) is 14.1. The molecule has 0 aliphatic rings. The maximum atomic E-state index is 2.47. The van der Waals surface area contributed by atoms with Gasteiger partial charge in [0, 0.05) is 27.5 Å². The van der Waals surface area contributed by atoms with Crippen molar-refractivity contribution in [3.8, 4) is 44.9 Å². The molecule has 11 rings (SSSR count). The minimum Gasteiger partial charge on any atom is -0.307 e. The van der Waals surface area contributed by atoms with E-state index in [9.17, 15) is 0 Å². The molecular formula is C52H34N2. The van der Waals surface area contributed by atoms with Gasteiger partial charge < -0.3 is 9.13 Å². The third-order valence-electron chi connectivity index (χ3n) is 11.1. The van der Waals surface area contributed by atoms with Gasteiger partial charge in [-0.15, -0.1) is 0 Å². The van der Waals surface area contributed by atoms with Crippen molar-refractivity contribution in [2.45, 2.75) is 0 Å². The molecule has 0 N–H and O–H groups in total. The van der Waals surface area contributed by atoms with Gasteiger partial charge in [0.1, 0.15) is 0 Å². The summed E-state index contributed by atoms with van der Waals surface area (Å²) in [5.41, 5.74) is 13.2. The molecule has 0 saturated heterocycles. The topological polar surface area (TPSA) is 9.86 Å². The normalized spacial score (nSPS) is 11.7. The Hall–Kier alpha value is -7.16. The van der Waals surface area contributed by atoms with Gasteiger partial charge in [-0.25, -0.2) is 0 Å². The average molecular weight is 687 g/mol. The van der Waals surface area contributed by atoms with Gasteiger partial charge in [-0.2, -0.15) is 0 Å². The smallest absolute Gasteiger partial charge is 0.0788 e. The summed E-state index contributed by atoms with van der Waals surface area (Å²) in [6.45, 7) is 0. The first-order valence-corrected chi connectivity index (χ1v) is 18.6. The molecule has 0 atom stereocenters. The van der Waals surface area contributed by atoms with Crippen LogP contribution in [0.25, 0.3) is 99.1 Å². The Labute approximate surface area is 313 Å². The zero-order chi connectivity index (χ0) is 35.6. The first-order chi connectivity index (χ1) is 26.8. The Balaban J connectivity index is 1.18. The van der Waals surface area contributed by atoms with Crippen molar-refractivity contribution in [1.82, 2.24) is 9.13 Å². The molecule has 54 heavy (non-hydrogen) atoms. The molecule has 0 saturated carbocycles. The van der Waals surface area contributed by atoms with Crippen LogP contribution in [-0.2, 0) is 0 Å². The molecule has 0 bridgehead atoms. The standard InChI is InChI=1S/C52H34N2/c1-4-16-35(17-5-1)48-34-38-30-33-46-41-22-14-15-27-47(41)53(52(46)51(38)54(48)39-20-8-3-9-21-39)40-31-28-37(29-32-40)50-44-25-12-10-23-42(44)49(36-18-6-2-7-19-36)43-24-11-13-26-45(43)50/h1-34H. The lowest BCUT2D eigenvalue weighted by Gasteiger charge is -2.18. The van der Waals surface area contributed by atoms with E-state index in [1.54, 1.807) is 0 Å². The highest BCUT2D eigenvalue weighted by Crippen LogP contribution is 2.45. The maximum Gasteiger partial charge on any atom is 0.0788 e. The van der Waals surface area contributed by atoms with E-state index >= 15 is 0 Å². The van der Waals surface area contributed by atoms with Gasteiger partial charge in [0.15, 0.2) is 0 Å². The molecule has 0 spiro atoms. The van der Waals surface area contributed by atoms with Gasteiger partial charge in [0.25, 0.3) is 0 Å². The van der Waals surface area contributed by atoms with Crippen LogP contribution >= 0.6 is 0 Å². The van der Waals surface area contributed by atoms with Crippen molar-refractivity contribution in [1.29, 1.82) is 0 Å². The number of rotatable bonds is 5. The Morgan fingerprint density at radius 1 is 0.278 bits per heavy atom. The molecule has 0 amide bonds. The van der Waals surface area contributed by atoms with E-state index in [1.165, 1.54) is 87.8 Å². The number of hydrogen-bond donors (Lipinski definition) is 0. The lowest BCUT2D eigenvalue weighted by Crippen LogP contribution is -2.00. The lowest BCUT2D eigenvalue weighted by molar-refractivity contribution is 1.12. The number of nitrogens with zero attached hydrogens (tertiary/aromatic N) is 2. The molecule has 2 heterocycles. The van der Waals surface area contributed by atoms with Crippen molar-refractivity contribution >= 4 is 54.3 Å². The van der Waals surface area contributed by atoms with Crippen molar-refractivity contribution < 1.29 is 0 Å². The zero-order valence-electron chi connectivity index (χ0n) is 29.5. The van der Waals surface area contributed by atoms with Crippen molar-refractivity contribution in [3.63, 3.8) is 0 Å². The van der Waals surface area contributed by atoms with Gasteiger partial charge in [-0.3, -0.25) is 0 Å². The second-order valence-electron chi connectivity index (χ2n) is 14.1. The molecule has 2 nitrogen and oxygen atoms in total. The fourth-order valence-corrected chi connectivity index (χ4v) is 8.81. The molecule has 9 aromatic carbocycles. The largest absolute Gasteiger partial charge is 0.307 e. The summed E-state index contributed by atoms with van der Waals surface area (Å²) in [4.78, 5) is 0. The van der Waals surface area contributed by atoms with Gasteiger partial charge in [-0.05, 0) is 85.8 Å². The number of aromatic nitrogens is 2. The van der Waals surface area contributed by atoms with Crippen LogP contribution in [0, 0.1) is 0 Å². The summed E-state index contributed by atoms with van der Waals surface area (Å²) in [5.74, 6) is 0. The fourth-order valence-electron chi connectivity index (χ4n) is 8.81. The molecule has 0 fully saturated rings. The number of para-hydroxylation sites is 2. The Morgan fingerprint density at radius 2 is 0.741 bits per heavy atom. The summed E-state index contributed by atoms with van der Waals surface area (Å²) < 4.78 is 4.92. The van der Waals surface area contributed by atoms with Crippen molar-refractivity contribution in [2.75, 3.05) is 0 Å². The Kier molecular flexibility index (Phi) is 6.90. The second kappa shape index (κ2) is 12.2. The van der Waals surface area contributed by atoms with Crippen LogP contribution in [0.15, 0.2) is 206 Å². The van der Waals surface area contributed by atoms with Gasteiger partial charge in [0.05, 0.1) is 22.2 Å². The predicted molar refractivity (Wildman–Crippen MR) is 229 cm³/mol. The van der Waals surface area contributed by atoms with E-state index in [4.69, 9.17) is 0 Å². The molecule has 0 aliphatic carbocycles. The molecule has 11 aromatic rings. The number of benzene rings is 9. The van der Waals surface area contributed by atoms with Crippen LogP contribution in [0.5, 0.6) is 0 Å². The predicted octanol–water partition coefficient (Wildman–Crippen LogP) is 14.0. The molecule has 0 aliphatic heterocycles. The average Bonchev–Trinajstić information content (AvgIpc) is 3.80. The lowest BCUT2D eigenvalue weighted by atomic mass is 9.86. The zero-order valence-corrected chi connectivity index (χ0v) is 29.5. The van der Waals surface area contributed by atoms with Crippen LogP contribution in [0.2, 0.25) is 0 Å². The van der Waals surface area contributed by atoms with Crippen molar-refractivity contribution in [3.05, 3.63) is 206 Å². The highest BCUT2D eigenvalue weighted by atomic mass is 15.0. The van der Waals surface area contributed by atoms with Crippen LogP contribution < -0.4 is 0 Å². The van der Waals surface area contributed by atoms with Gasteiger partial charge in [0.2, 0.25) is 0 Å². The summed E-state index contributed by atoms with van der Waals surface area (Å²) in [6.07, 6.45) is 0. The summed E-state index contributed by atoms with van der Waals surface area (Å²) >= 11 is 0. The molecule has 2 heteroatoms. The van der Waals surface area contributed by atoms with Crippen LogP contribution in [0.4, 0.5) is 0 Å². The van der Waals surface area contributed by atoms with Crippen LogP contribution in [0.1, 0.15) is 0 Å². The van der Waals surface area contributed by atoms with Crippen LogP contribution in [0.3, 0.4) is 0 Å². The first-order valence-electron chi connectivity index (χ1n) is 18.6. The quantitative estimate of drug-likeness (QED) is 0.160. The van der Waals surface area contributed by atoms with Crippen LogP contribution in [-0.4, -0.2) is 9.13 Å². The minimum absolute atomic E-state index is 1.13. The third-order valence-corrected chi connectivity index (χ3v) is 11.1. The van der Waals surface area contributed by atoms with E-state index in [2.05, 4.69) is 215 Å². The summed E-state index contributed by atoms with van der Waals surface area (Å²) in [7, 11) is 0. The third kappa shape index (κ3) is 4.60. The van der Waals surface area contributed by atoms with E-state index in [-0.39, 0.29) is 0 Å². The fraction of sp³-hybridized carbons (Fsp3) is 0. The highest BCUT2D eigenvalue weighted by Gasteiger charge is 2.22. The molecule has 2 aromatic heterocycles. The summed E-state index contributed by atoms with van der Waals surface area (Å²) in [5, 5.41) is 8.75. The molecule has 0 unspecified atom stereocenters. The maximum absolute atomic E-state index is 2.47.